The van der Waals surface area contributed by atoms with Crippen LogP contribution in [0, 0.1) is 19.7 Å². The summed E-state index contributed by atoms with van der Waals surface area (Å²) in [6.45, 7) is 3.92. The molecule has 1 amide bonds. The number of nitrogens with zero attached hydrogens (tertiary/aromatic N) is 3. The van der Waals surface area contributed by atoms with Crippen molar-refractivity contribution in [1.82, 2.24) is 20.0 Å². The Balaban J connectivity index is 1.52. The highest BCUT2D eigenvalue weighted by Gasteiger charge is 2.18. The third-order valence-corrected chi connectivity index (χ3v) is 5.11. The topological polar surface area (TPSA) is 84.8 Å². The third kappa shape index (κ3) is 4.18. The number of aryl methyl sites for hydroxylation is 1. The number of aromatic amines is 1. The molecule has 0 aliphatic carbocycles. The van der Waals surface area contributed by atoms with E-state index >= 15 is 0 Å². The number of carbonyl (C=O) groups is 1. The lowest BCUT2D eigenvalue weighted by Gasteiger charge is -2.07. The Morgan fingerprint density at radius 1 is 1.16 bits per heavy atom. The largest absolute Gasteiger partial charge is 0.497 e. The van der Waals surface area contributed by atoms with E-state index in [9.17, 15) is 9.18 Å². The van der Waals surface area contributed by atoms with Crippen molar-refractivity contribution >= 4 is 11.6 Å². The average Bonchev–Trinajstić information content (AvgIpc) is 3.37. The molecule has 2 N–H and O–H groups in total. The molecule has 0 fully saturated rings. The van der Waals surface area contributed by atoms with Crippen molar-refractivity contribution in [2.45, 2.75) is 20.4 Å². The van der Waals surface area contributed by atoms with Crippen molar-refractivity contribution in [1.29, 1.82) is 0 Å². The van der Waals surface area contributed by atoms with E-state index in [4.69, 9.17) is 4.74 Å². The number of H-pyrrole nitrogens is 1. The number of nitrogens with one attached hydrogen (secondary N) is 2. The summed E-state index contributed by atoms with van der Waals surface area (Å²) in [6.07, 6.45) is 0. The molecule has 0 atom stereocenters. The zero-order valence-electron chi connectivity index (χ0n) is 17.4. The Morgan fingerprint density at radius 2 is 1.90 bits per heavy atom. The van der Waals surface area contributed by atoms with Crippen LogP contribution in [0.25, 0.3) is 11.3 Å². The number of benzene rings is 2. The van der Waals surface area contributed by atoms with Crippen molar-refractivity contribution in [3.63, 3.8) is 0 Å². The first-order chi connectivity index (χ1) is 15.0. The van der Waals surface area contributed by atoms with Crippen LogP contribution >= 0.6 is 0 Å². The molecule has 2 heterocycles. The lowest BCUT2D eigenvalue weighted by molar-refractivity contribution is 0.102. The second-order valence-corrected chi connectivity index (χ2v) is 7.14. The van der Waals surface area contributed by atoms with Crippen LogP contribution in [0.1, 0.15) is 27.4 Å². The average molecular weight is 419 g/mol. The van der Waals surface area contributed by atoms with Gasteiger partial charge in [0, 0.05) is 11.1 Å². The minimum atomic E-state index is -0.330. The molecule has 4 aromatic rings. The van der Waals surface area contributed by atoms with Gasteiger partial charge in [0.05, 0.1) is 36.4 Å². The van der Waals surface area contributed by atoms with Gasteiger partial charge < -0.3 is 10.1 Å². The van der Waals surface area contributed by atoms with Gasteiger partial charge in [0.2, 0.25) is 0 Å². The van der Waals surface area contributed by atoms with Gasteiger partial charge in [-0.05, 0) is 50.2 Å². The first-order valence-corrected chi connectivity index (χ1v) is 9.75. The van der Waals surface area contributed by atoms with Gasteiger partial charge >= 0.3 is 0 Å². The summed E-state index contributed by atoms with van der Waals surface area (Å²) in [7, 11) is 1.61. The number of carbonyl (C=O) groups excluding carboxylic acids is 1. The number of anilines is 1. The van der Waals surface area contributed by atoms with Crippen LogP contribution in [-0.4, -0.2) is 33.0 Å². The highest BCUT2D eigenvalue weighted by molar-refractivity contribution is 6.04. The SMILES string of the molecule is COc1ccc(-c2cc(C(=O)Nc3c(C)nn(Cc4ccccc4F)c3C)[nH]n2)cc1. The lowest BCUT2D eigenvalue weighted by atomic mass is 10.1. The molecule has 8 heteroatoms. The second-order valence-electron chi connectivity index (χ2n) is 7.14. The molecule has 0 bridgehead atoms. The van der Waals surface area contributed by atoms with Crippen LogP contribution in [0.2, 0.25) is 0 Å². The summed E-state index contributed by atoms with van der Waals surface area (Å²) in [5.41, 5.74) is 4.36. The fraction of sp³-hybridized carbons (Fsp3) is 0.174. The van der Waals surface area contributed by atoms with E-state index in [2.05, 4.69) is 20.6 Å². The summed E-state index contributed by atoms with van der Waals surface area (Å²) in [5.74, 6) is 0.128. The predicted octanol–water partition coefficient (Wildman–Crippen LogP) is 4.34. The Kier molecular flexibility index (Phi) is 5.53. The smallest absolute Gasteiger partial charge is 0.273 e. The van der Waals surface area contributed by atoms with E-state index in [1.54, 1.807) is 43.0 Å². The first-order valence-electron chi connectivity index (χ1n) is 9.75. The van der Waals surface area contributed by atoms with Gasteiger partial charge in [-0.2, -0.15) is 10.2 Å². The van der Waals surface area contributed by atoms with Gasteiger partial charge in [-0.25, -0.2) is 4.39 Å². The molecular formula is C23H22FN5O2. The molecule has 2 aromatic heterocycles. The predicted molar refractivity (Wildman–Crippen MR) is 116 cm³/mol. The molecule has 4 rings (SSSR count). The fourth-order valence-corrected chi connectivity index (χ4v) is 3.35. The maximum Gasteiger partial charge on any atom is 0.273 e. The third-order valence-electron chi connectivity index (χ3n) is 5.11. The summed E-state index contributed by atoms with van der Waals surface area (Å²) in [5, 5.41) is 14.4. The Hall–Kier alpha value is -3.94. The monoisotopic (exact) mass is 419 g/mol. The molecular weight excluding hydrogens is 397 g/mol. The number of hydrogen-bond acceptors (Lipinski definition) is 4. The highest BCUT2D eigenvalue weighted by Crippen LogP contribution is 2.24. The van der Waals surface area contributed by atoms with Crippen LogP contribution in [0.3, 0.4) is 0 Å². The van der Waals surface area contributed by atoms with Gasteiger partial charge in [-0.15, -0.1) is 0 Å². The van der Waals surface area contributed by atoms with Gasteiger partial charge in [0.25, 0.3) is 5.91 Å². The number of amides is 1. The number of halogens is 1. The molecule has 0 aliphatic heterocycles. The van der Waals surface area contributed by atoms with Gasteiger partial charge in [-0.3, -0.25) is 14.6 Å². The maximum absolute atomic E-state index is 14.0. The molecule has 0 radical (unpaired) electrons. The zero-order chi connectivity index (χ0) is 22.0. The summed E-state index contributed by atoms with van der Waals surface area (Å²) >= 11 is 0. The van der Waals surface area contributed by atoms with Crippen LogP contribution in [0.15, 0.2) is 54.6 Å². The van der Waals surface area contributed by atoms with E-state index < -0.39 is 0 Å². The standard InChI is InChI=1S/C23H22FN5O2/c1-14-22(15(2)29(28-14)13-17-6-4-5-7-19(17)24)25-23(30)21-12-20(26-27-21)16-8-10-18(31-3)11-9-16/h4-12H,13H2,1-3H3,(H,25,30)(H,26,27). The van der Waals surface area contributed by atoms with E-state index in [0.29, 0.717) is 28.3 Å². The molecule has 7 nitrogen and oxygen atoms in total. The first kappa shape index (κ1) is 20.3. The van der Waals surface area contributed by atoms with Crippen LogP contribution in [0.5, 0.6) is 5.75 Å². The molecule has 0 unspecified atom stereocenters. The van der Waals surface area contributed by atoms with E-state index in [0.717, 1.165) is 17.0 Å². The number of ether oxygens (including phenoxy) is 1. The zero-order valence-corrected chi connectivity index (χ0v) is 17.4. The van der Waals surface area contributed by atoms with Crippen molar-refractivity contribution in [3.8, 4) is 17.0 Å². The van der Waals surface area contributed by atoms with Crippen molar-refractivity contribution in [2.75, 3.05) is 12.4 Å². The fourth-order valence-electron chi connectivity index (χ4n) is 3.35. The Bertz CT molecular complexity index is 1230. The number of methoxy groups -OCH3 is 1. The Morgan fingerprint density at radius 3 is 2.61 bits per heavy atom. The Labute approximate surface area is 178 Å². The highest BCUT2D eigenvalue weighted by atomic mass is 19.1. The minimum absolute atomic E-state index is 0.279. The second kappa shape index (κ2) is 8.43. The maximum atomic E-state index is 14.0. The van der Waals surface area contributed by atoms with E-state index in [1.807, 2.05) is 31.2 Å². The number of hydrogen-bond donors (Lipinski definition) is 2. The number of rotatable bonds is 6. The molecule has 0 aliphatic rings. The van der Waals surface area contributed by atoms with Crippen LogP contribution < -0.4 is 10.1 Å². The van der Waals surface area contributed by atoms with Gasteiger partial charge in [-0.1, -0.05) is 18.2 Å². The summed E-state index contributed by atoms with van der Waals surface area (Å²) in [4.78, 5) is 12.8. The van der Waals surface area contributed by atoms with E-state index in [-0.39, 0.29) is 18.3 Å². The van der Waals surface area contributed by atoms with E-state index in [1.165, 1.54) is 6.07 Å². The number of aromatic nitrogens is 4. The molecule has 2 aromatic carbocycles. The van der Waals surface area contributed by atoms with Crippen LogP contribution in [0.4, 0.5) is 10.1 Å². The lowest BCUT2D eigenvalue weighted by Crippen LogP contribution is -2.14. The van der Waals surface area contributed by atoms with Crippen molar-refractivity contribution < 1.29 is 13.9 Å². The molecule has 31 heavy (non-hydrogen) atoms. The summed E-state index contributed by atoms with van der Waals surface area (Å²) < 4.78 is 20.8. The molecule has 0 spiro atoms. The van der Waals surface area contributed by atoms with Crippen molar-refractivity contribution in [3.05, 3.63) is 83.1 Å². The summed E-state index contributed by atoms with van der Waals surface area (Å²) in [6, 6.07) is 15.7. The molecule has 158 valence electrons. The molecule has 0 saturated heterocycles. The quantitative estimate of drug-likeness (QED) is 0.487. The van der Waals surface area contributed by atoms with Crippen LogP contribution in [-0.2, 0) is 6.54 Å². The normalized spacial score (nSPS) is 10.8. The van der Waals surface area contributed by atoms with Gasteiger partial charge in [0.15, 0.2) is 0 Å². The minimum Gasteiger partial charge on any atom is -0.497 e. The molecule has 0 saturated carbocycles. The van der Waals surface area contributed by atoms with Gasteiger partial charge in [0.1, 0.15) is 17.3 Å². The van der Waals surface area contributed by atoms with Crippen molar-refractivity contribution in [2.24, 2.45) is 0 Å².